The molecule has 15 heavy (non-hydrogen) atoms. The third-order valence-electron chi connectivity index (χ3n) is 2.62. The van der Waals surface area contributed by atoms with Crippen LogP contribution in [0.3, 0.4) is 0 Å². The molecule has 86 valence electrons. The molecule has 0 aliphatic heterocycles. The standard InChI is InChI=1S/C12H23N2O/c1-4-5-6-12(15)9-13-7-8-14(10-13)11(2)3/h7-8,10-12,15H,4-6,9H2,1-3H3/q+1. The SMILES string of the molecule is CCCCC(O)C[n+]1ccn(C(C)C)c1. The lowest BCUT2D eigenvalue weighted by Crippen LogP contribution is -2.38. The van der Waals surface area contributed by atoms with Crippen LogP contribution < -0.4 is 4.57 Å². The van der Waals surface area contributed by atoms with Gasteiger partial charge in [0.05, 0.1) is 12.1 Å². The smallest absolute Gasteiger partial charge is 0.244 e. The van der Waals surface area contributed by atoms with Crippen LogP contribution in [0.4, 0.5) is 0 Å². The fourth-order valence-corrected chi connectivity index (χ4v) is 1.60. The van der Waals surface area contributed by atoms with Gasteiger partial charge >= 0.3 is 0 Å². The Bertz CT molecular complexity index is 281. The molecule has 0 amide bonds. The van der Waals surface area contributed by atoms with Crippen LogP contribution in [0.2, 0.25) is 0 Å². The van der Waals surface area contributed by atoms with Crippen molar-refractivity contribution < 1.29 is 9.67 Å². The third kappa shape index (κ3) is 4.04. The number of nitrogens with zero attached hydrogens (tertiary/aromatic N) is 2. The van der Waals surface area contributed by atoms with Crippen LogP contribution in [-0.4, -0.2) is 15.8 Å². The zero-order valence-electron chi connectivity index (χ0n) is 10.1. The van der Waals surface area contributed by atoms with Crippen molar-refractivity contribution in [1.82, 2.24) is 4.57 Å². The van der Waals surface area contributed by atoms with E-state index in [9.17, 15) is 5.11 Å². The highest BCUT2D eigenvalue weighted by atomic mass is 16.3. The molecule has 3 heteroatoms. The summed E-state index contributed by atoms with van der Waals surface area (Å²) in [4.78, 5) is 0. The summed E-state index contributed by atoms with van der Waals surface area (Å²) in [6, 6.07) is 0.485. The Hall–Kier alpha value is -0.830. The molecule has 0 fully saturated rings. The second-order valence-electron chi connectivity index (χ2n) is 4.45. The van der Waals surface area contributed by atoms with E-state index in [4.69, 9.17) is 0 Å². The average molecular weight is 211 g/mol. The minimum atomic E-state index is -0.210. The Labute approximate surface area is 92.4 Å². The van der Waals surface area contributed by atoms with E-state index in [0.717, 1.165) is 19.3 Å². The van der Waals surface area contributed by atoms with Crippen LogP contribution in [0.15, 0.2) is 18.7 Å². The number of hydrogen-bond acceptors (Lipinski definition) is 1. The quantitative estimate of drug-likeness (QED) is 0.715. The highest BCUT2D eigenvalue weighted by molar-refractivity contribution is 4.70. The summed E-state index contributed by atoms with van der Waals surface area (Å²) in [6.07, 6.45) is 9.07. The van der Waals surface area contributed by atoms with E-state index >= 15 is 0 Å². The highest BCUT2D eigenvalue weighted by Gasteiger charge is 2.11. The average Bonchev–Trinajstić information content (AvgIpc) is 2.63. The Kier molecular flexibility index (Phi) is 4.82. The molecule has 0 bridgehead atoms. The van der Waals surface area contributed by atoms with Gasteiger partial charge in [0.2, 0.25) is 6.33 Å². The third-order valence-corrected chi connectivity index (χ3v) is 2.62. The molecule has 0 saturated heterocycles. The number of imidazole rings is 1. The predicted octanol–water partition coefficient (Wildman–Crippen LogP) is 1.91. The number of rotatable bonds is 6. The molecule has 0 saturated carbocycles. The van der Waals surface area contributed by atoms with E-state index in [1.54, 1.807) is 0 Å². The molecular weight excluding hydrogens is 188 g/mol. The normalized spacial score (nSPS) is 13.4. The number of hydrogen-bond donors (Lipinski definition) is 1. The van der Waals surface area contributed by atoms with Crippen molar-refractivity contribution >= 4 is 0 Å². The summed E-state index contributed by atoms with van der Waals surface area (Å²) >= 11 is 0. The van der Waals surface area contributed by atoms with Crippen molar-refractivity contribution in [2.24, 2.45) is 0 Å². The van der Waals surface area contributed by atoms with E-state index in [-0.39, 0.29) is 6.10 Å². The molecule has 0 aliphatic carbocycles. The first kappa shape index (κ1) is 12.2. The van der Waals surface area contributed by atoms with Crippen LogP contribution in [0.5, 0.6) is 0 Å². The lowest BCUT2D eigenvalue weighted by atomic mass is 10.1. The summed E-state index contributed by atoms with van der Waals surface area (Å²) in [5, 5.41) is 9.75. The maximum absolute atomic E-state index is 9.75. The lowest BCUT2D eigenvalue weighted by Gasteiger charge is -2.06. The van der Waals surface area contributed by atoms with Gasteiger partial charge in [-0.2, -0.15) is 0 Å². The highest BCUT2D eigenvalue weighted by Crippen LogP contribution is 2.02. The number of aliphatic hydroxyl groups is 1. The molecule has 1 aromatic heterocycles. The molecular formula is C12H23N2O+. The fraction of sp³-hybridized carbons (Fsp3) is 0.750. The van der Waals surface area contributed by atoms with Gasteiger partial charge in [-0.1, -0.05) is 19.8 Å². The maximum atomic E-state index is 9.75. The van der Waals surface area contributed by atoms with Gasteiger partial charge < -0.3 is 5.11 Å². The molecule has 0 spiro atoms. The second-order valence-corrected chi connectivity index (χ2v) is 4.45. The van der Waals surface area contributed by atoms with Gasteiger partial charge in [0.15, 0.2) is 0 Å². The number of aromatic nitrogens is 2. The molecule has 1 aromatic rings. The summed E-state index contributed by atoms with van der Waals surface area (Å²) in [5.41, 5.74) is 0. The Morgan fingerprint density at radius 3 is 2.67 bits per heavy atom. The van der Waals surface area contributed by atoms with Gasteiger partial charge in [0.1, 0.15) is 18.9 Å². The first-order valence-corrected chi connectivity index (χ1v) is 5.88. The molecule has 1 atom stereocenters. The summed E-state index contributed by atoms with van der Waals surface area (Å²) < 4.78 is 4.20. The van der Waals surface area contributed by atoms with Gasteiger partial charge in [-0.25, -0.2) is 9.13 Å². The maximum Gasteiger partial charge on any atom is 0.244 e. The lowest BCUT2D eigenvalue weighted by molar-refractivity contribution is -0.703. The van der Waals surface area contributed by atoms with E-state index in [1.807, 2.05) is 6.20 Å². The zero-order valence-corrected chi connectivity index (χ0v) is 10.1. The number of unbranched alkanes of at least 4 members (excludes halogenated alkanes) is 1. The van der Waals surface area contributed by atoms with Crippen molar-refractivity contribution in [2.45, 2.75) is 58.7 Å². The molecule has 0 radical (unpaired) electrons. The van der Waals surface area contributed by atoms with Crippen molar-refractivity contribution in [3.05, 3.63) is 18.7 Å². The van der Waals surface area contributed by atoms with Crippen LogP contribution in [0.25, 0.3) is 0 Å². The van der Waals surface area contributed by atoms with Gasteiger partial charge in [0, 0.05) is 0 Å². The van der Waals surface area contributed by atoms with Gasteiger partial charge in [-0.15, -0.1) is 0 Å². The van der Waals surface area contributed by atoms with Crippen molar-refractivity contribution in [2.75, 3.05) is 0 Å². The molecule has 1 unspecified atom stereocenters. The molecule has 0 aromatic carbocycles. The van der Waals surface area contributed by atoms with E-state index in [2.05, 4.69) is 42.4 Å². The predicted molar refractivity (Wildman–Crippen MR) is 60.5 cm³/mol. The van der Waals surface area contributed by atoms with Crippen LogP contribution in [-0.2, 0) is 6.54 Å². The molecule has 3 nitrogen and oxygen atoms in total. The van der Waals surface area contributed by atoms with Crippen LogP contribution >= 0.6 is 0 Å². The fourth-order valence-electron chi connectivity index (χ4n) is 1.60. The van der Waals surface area contributed by atoms with Crippen molar-refractivity contribution in [1.29, 1.82) is 0 Å². The van der Waals surface area contributed by atoms with E-state index < -0.39 is 0 Å². The molecule has 1 N–H and O–H groups in total. The van der Waals surface area contributed by atoms with Crippen LogP contribution in [0, 0.1) is 0 Å². The minimum absolute atomic E-state index is 0.210. The van der Waals surface area contributed by atoms with Crippen molar-refractivity contribution in [3.63, 3.8) is 0 Å². The molecule has 0 aliphatic rings. The monoisotopic (exact) mass is 211 g/mol. The number of aliphatic hydroxyl groups excluding tert-OH is 1. The van der Waals surface area contributed by atoms with Crippen molar-refractivity contribution in [3.8, 4) is 0 Å². The zero-order chi connectivity index (χ0) is 11.3. The first-order valence-electron chi connectivity index (χ1n) is 5.88. The van der Waals surface area contributed by atoms with Crippen LogP contribution in [0.1, 0.15) is 46.1 Å². The Morgan fingerprint density at radius 1 is 1.40 bits per heavy atom. The second kappa shape index (κ2) is 5.91. The van der Waals surface area contributed by atoms with E-state index in [0.29, 0.717) is 12.6 Å². The van der Waals surface area contributed by atoms with Gasteiger partial charge in [0.25, 0.3) is 0 Å². The van der Waals surface area contributed by atoms with Gasteiger partial charge in [-0.05, 0) is 20.3 Å². The first-order chi connectivity index (χ1) is 7.13. The topological polar surface area (TPSA) is 29.0 Å². The summed E-state index contributed by atoms with van der Waals surface area (Å²) in [6.45, 7) is 7.16. The summed E-state index contributed by atoms with van der Waals surface area (Å²) in [7, 11) is 0. The van der Waals surface area contributed by atoms with E-state index in [1.165, 1.54) is 0 Å². The minimum Gasteiger partial charge on any atom is -0.389 e. The Balaban J connectivity index is 2.42. The molecule has 1 rings (SSSR count). The largest absolute Gasteiger partial charge is 0.389 e. The van der Waals surface area contributed by atoms with Gasteiger partial charge in [-0.3, -0.25) is 0 Å². The summed E-state index contributed by atoms with van der Waals surface area (Å²) in [5.74, 6) is 0. The molecule has 1 heterocycles. The Morgan fingerprint density at radius 2 is 2.13 bits per heavy atom.